The first-order valence-corrected chi connectivity index (χ1v) is 8.28. The van der Waals surface area contributed by atoms with E-state index in [9.17, 15) is 9.59 Å². The zero-order valence-electron chi connectivity index (χ0n) is 14.9. The van der Waals surface area contributed by atoms with Crippen LogP contribution >= 0.6 is 0 Å². The lowest BCUT2D eigenvalue weighted by Crippen LogP contribution is -2.26. The highest BCUT2D eigenvalue weighted by Crippen LogP contribution is 2.16. The van der Waals surface area contributed by atoms with Gasteiger partial charge >= 0.3 is 5.97 Å². The molecule has 0 heterocycles. The molecule has 2 aromatic rings. The molecule has 0 aliphatic carbocycles. The van der Waals surface area contributed by atoms with Gasteiger partial charge in [-0.25, -0.2) is 5.43 Å². The van der Waals surface area contributed by atoms with Crippen molar-refractivity contribution in [2.75, 3.05) is 6.61 Å². The van der Waals surface area contributed by atoms with Gasteiger partial charge in [0.1, 0.15) is 5.75 Å². The number of amides is 1. The standard InChI is InChI=1S/C20H22N2O4/c1-14-10-15(2)12-17(11-14)26-13-19(23)22-21-18(8-9-20(24)25)16-6-4-3-5-7-16/h3-7,10-12H,8-9,13H2,1-2H3,(H,22,23)(H,24,25). The minimum absolute atomic E-state index is 0.0668. The lowest BCUT2D eigenvalue weighted by atomic mass is 10.1. The van der Waals surface area contributed by atoms with Crippen LogP contribution in [0.5, 0.6) is 5.75 Å². The monoisotopic (exact) mass is 354 g/mol. The van der Waals surface area contributed by atoms with Crippen molar-refractivity contribution in [3.63, 3.8) is 0 Å². The predicted molar refractivity (Wildman–Crippen MR) is 99.4 cm³/mol. The van der Waals surface area contributed by atoms with Crippen molar-refractivity contribution < 1.29 is 19.4 Å². The maximum Gasteiger partial charge on any atom is 0.303 e. The minimum atomic E-state index is -0.918. The number of hydrogen-bond donors (Lipinski definition) is 2. The van der Waals surface area contributed by atoms with Crippen LogP contribution in [0.1, 0.15) is 29.5 Å². The van der Waals surface area contributed by atoms with Crippen LogP contribution in [-0.4, -0.2) is 29.3 Å². The second-order valence-electron chi connectivity index (χ2n) is 5.97. The molecule has 0 radical (unpaired) electrons. The Bertz CT molecular complexity index is 780. The number of rotatable bonds is 8. The molecular weight excluding hydrogens is 332 g/mol. The van der Waals surface area contributed by atoms with Crippen molar-refractivity contribution in [1.29, 1.82) is 0 Å². The van der Waals surface area contributed by atoms with E-state index in [0.29, 0.717) is 11.5 Å². The maximum absolute atomic E-state index is 12.0. The Morgan fingerprint density at radius 3 is 2.31 bits per heavy atom. The summed E-state index contributed by atoms with van der Waals surface area (Å²) in [6.07, 6.45) is 0.153. The van der Waals surface area contributed by atoms with E-state index in [-0.39, 0.29) is 19.4 Å². The van der Waals surface area contributed by atoms with Crippen LogP contribution in [0.3, 0.4) is 0 Å². The van der Waals surface area contributed by atoms with Crippen LogP contribution in [0, 0.1) is 13.8 Å². The minimum Gasteiger partial charge on any atom is -0.484 e. The number of carbonyl (C=O) groups is 2. The molecule has 0 fully saturated rings. The second-order valence-corrected chi connectivity index (χ2v) is 5.97. The van der Waals surface area contributed by atoms with Crippen molar-refractivity contribution in [3.8, 4) is 5.75 Å². The van der Waals surface area contributed by atoms with E-state index >= 15 is 0 Å². The Hall–Kier alpha value is -3.15. The van der Waals surface area contributed by atoms with Gasteiger partial charge in [0.05, 0.1) is 12.1 Å². The molecule has 0 atom stereocenters. The zero-order chi connectivity index (χ0) is 18.9. The molecule has 0 saturated carbocycles. The number of carboxylic acid groups (broad SMARTS) is 1. The second kappa shape index (κ2) is 9.36. The first-order chi connectivity index (χ1) is 12.4. The molecule has 1 amide bonds. The highest BCUT2D eigenvalue weighted by Gasteiger charge is 2.08. The van der Waals surface area contributed by atoms with E-state index in [4.69, 9.17) is 9.84 Å². The van der Waals surface area contributed by atoms with Crippen LogP contribution in [0.15, 0.2) is 53.6 Å². The largest absolute Gasteiger partial charge is 0.484 e. The van der Waals surface area contributed by atoms with Crippen molar-refractivity contribution in [2.24, 2.45) is 5.10 Å². The Morgan fingerprint density at radius 1 is 1.04 bits per heavy atom. The summed E-state index contributed by atoms with van der Waals surface area (Å²) in [4.78, 5) is 22.8. The Kier molecular flexibility index (Phi) is 6.91. The Morgan fingerprint density at radius 2 is 1.69 bits per heavy atom. The molecule has 2 rings (SSSR count). The molecule has 0 aromatic heterocycles. The van der Waals surface area contributed by atoms with Crippen molar-refractivity contribution in [3.05, 3.63) is 65.2 Å². The summed E-state index contributed by atoms with van der Waals surface area (Å²) >= 11 is 0. The lowest BCUT2D eigenvalue weighted by molar-refractivity contribution is -0.136. The van der Waals surface area contributed by atoms with E-state index < -0.39 is 11.9 Å². The van der Waals surface area contributed by atoms with E-state index in [0.717, 1.165) is 16.7 Å². The van der Waals surface area contributed by atoms with Gasteiger partial charge in [-0.3, -0.25) is 9.59 Å². The Balaban J connectivity index is 1.98. The molecule has 0 spiro atoms. The average Bonchev–Trinajstić information content (AvgIpc) is 2.59. The molecular formula is C20H22N2O4. The van der Waals surface area contributed by atoms with E-state index in [1.54, 1.807) is 0 Å². The van der Waals surface area contributed by atoms with Crippen molar-refractivity contribution in [1.82, 2.24) is 5.43 Å². The smallest absolute Gasteiger partial charge is 0.303 e. The SMILES string of the molecule is Cc1cc(C)cc(OCC(=O)NN=C(CCC(=O)O)c2ccccc2)c1. The summed E-state index contributed by atoms with van der Waals surface area (Å²) in [6.45, 7) is 3.74. The summed E-state index contributed by atoms with van der Waals surface area (Å²) in [5, 5.41) is 13.0. The molecule has 0 bridgehead atoms. The number of hydrogen-bond acceptors (Lipinski definition) is 4. The average molecular weight is 354 g/mol. The quantitative estimate of drug-likeness (QED) is 0.563. The lowest BCUT2D eigenvalue weighted by Gasteiger charge is -2.09. The van der Waals surface area contributed by atoms with Gasteiger partial charge in [-0.15, -0.1) is 0 Å². The van der Waals surface area contributed by atoms with Gasteiger partial charge in [0.25, 0.3) is 5.91 Å². The van der Waals surface area contributed by atoms with Gasteiger partial charge in [-0.1, -0.05) is 36.4 Å². The number of carboxylic acids is 1. The van der Waals surface area contributed by atoms with Crippen LogP contribution in [0.25, 0.3) is 0 Å². The normalized spacial score (nSPS) is 11.1. The van der Waals surface area contributed by atoms with Crippen molar-refractivity contribution >= 4 is 17.6 Å². The number of aliphatic carboxylic acids is 1. The first-order valence-electron chi connectivity index (χ1n) is 8.28. The van der Waals surface area contributed by atoms with Crippen molar-refractivity contribution in [2.45, 2.75) is 26.7 Å². The number of aryl methyl sites for hydroxylation is 2. The van der Waals surface area contributed by atoms with Gasteiger partial charge in [0, 0.05) is 6.42 Å². The topological polar surface area (TPSA) is 88.0 Å². The molecule has 2 N–H and O–H groups in total. The molecule has 6 nitrogen and oxygen atoms in total. The third-order valence-corrected chi connectivity index (χ3v) is 3.56. The third kappa shape index (κ3) is 6.39. The Labute approximate surface area is 152 Å². The summed E-state index contributed by atoms with van der Waals surface area (Å²) in [6, 6.07) is 14.9. The molecule has 0 aliphatic heterocycles. The molecule has 0 saturated heterocycles. The molecule has 26 heavy (non-hydrogen) atoms. The van der Waals surface area contributed by atoms with Crippen LogP contribution in [0.4, 0.5) is 0 Å². The fraction of sp³-hybridized carbons (Fsp3) is 0.250. The zero-order valence-corrected chi connectivity index (χ0v) is 14.9. The van der Waals surface area contributed by atoms with Crippen LogP contribution in [0.2, 0.25) is 0 Å². The van der Waals surface area contributed by atoms with E-state index in [1.165, 1.54) is 0 Å². The number of ether oxygens (including phenoxy) is 1. The van der Waals surface area contributed by atoms with E-state index in [2.05, 4.69) is 10.5 Å². The van der Waals surface area contributed by atoms with Crippen LogP contribution in [-0.2, 0) is 9.59 Å². The third-order valence-electron chi connectivity index (χ3n) is 3.56. The molecule has 6 heteroatoms. The molecule has 136 valence electrons. The molecule has 0 unspecified atom stereocenters. The highest BCUT2D eigenvalue weighted by atomic mass is 16.5. The highest BCUT2D eigenvalue weighted by molar-refractivity contribution is 6.02. The molecule has 0 aliphatic rings. The number of nitrogens with one attached hydrogen (secondary N) is 1. The van der Waals surface area contributed by atoms with Gasteiger partial charge < -0.3 is 9.84 Å². The fourth-order valence-electron chi connectivity index (χ4n) is 2.45. The van der Waals surface area contributed by atoms with Gasteiger partial charge in [-0.05, 0) is 42.7 Å². The van der Waals surface area contributed by atoms with Gasteiger partial charge in [0.2, 0.25) is 0 Å². The molecule has 2 aromatic carbocycles. The van der Waals surface area contributed by atoms with Gasteiger partial charge in [0.15, 0.2) is 6.61 Å². The number of carbonyl (C=O) groups excluding carboxylic acids is 1. The summed E-state index contributed by atoms with van der Waals surface area (Å²) in [5.41, 5.74) is 5.82. The van der Waals surface area contributed by atoms with Crippen LogP contribution < -0.4 is 10.2 Å². The fourth-order valence-corrected chi connectivity index (χ4v) is 2.45. The summed E-state index contributed by atoms with van der Waals surface area (Å²) in [7, 11) is 0. The number of hydrazone groups is 1. The number of nitrogens with zero attached hydrogens (tertiary/aromatic N) is 1. The first kappa shape index (κ1) is 19.2. The maximum atomic E-state index is 12.0. The predicted octanol–water partition coefficient (Wildman–Crippen LogP) is 3.07. The summed E-state index contributed by atoms with van der Waals surface area (Å²) < 4.78 is 5.49. The number of benzene rings is 2. The van der Waals surface area contributed by atoms with E-state index in [1.807, 2.05) is 62.4 Å². The van der Waals surface area contributed by atoms with Gasteiger partial charge in [-0.2, -0.15) is 5.10 Å². The summed E-state index contributed by atoms with van der Waals surface area (Å²) in [5.74, 6) is -0.707.